The second-order valence-electron chi connectivity index (χ2n) is 12.2. The lowest BCUT2D eigenvalue weighted by molar-refractivity contribution is -0.119. The Morgan fingerprint density at radius 1 is 0.778 bits per heavy atom. The predicted octanol–water partition coefficient (Wildman–Crippen LogP) is 7.36. The van der Waals surface area contributed by atoms with Crippen LogP contribution in [0.5, 0.6) is 0 Å². The number of carbonyl (C=O) groups is 1. The van der Waals surface area contributed by atoms with E-state index in [9.17, 15) is 4.79 Å². The standard InChI is InChI=1S/C39H35N5O/c45-38(29-20-22-40-26-29)42-33-18-19-36-34(25-33)37(28-21-23-41-35(24-28)27-16-17-27)43-44(36)39(30-10-4-1-5-11-30,31-12-6-2-7-13-31)32-14-8-3-9-15-32/h1-15,18-19,21,23-25,27,29,40H,16-17,20,22,26H2,(H,42,45). The largest absolute Gasteiger partial charge is 0.326 e. The Kier molecular flexibility index (Phi) is 6.99. The SMILES string of the molecule is O=C(Nc1ccc2c(c1)c(-c1ccnc(C3CC3)c1)nn2C(c1ccccc1)(c1ccccc1)c1ccccc1)C1CCNC1. The zero-order valence-corrected chi connectivity index (χ0v) is 25.1. The Labute approximate surface area is 263 Å². The van der Waals surface area contributed by atoms with Gasteiger partial charge in [-0.1, -0.05) is 91.0 Å². The molecule has 1 aliphatic carbocycles. The van der Waals surface area contributed by atoms with Crippen LogP contribution in [0.4, 0.5) is 5.69 Å². The maximum atomic E-state index is 13.2. The minimum Gasteiger partial charge on any atom is -0.326 e. The topological polar surface area (TPSA) is 71.8 Å². The molecule has 2 aliphatic rings. The molecule has 0 bridgehead atoms. The first-order chi connectivity index (χ1) is 22.2. The van der Waals surface area contributed by atoms with E-state index in [1.165, 1.54) is 12.8 Å². The molecule has 6 heteroatoms. The Bertz CT molecular complexity index is 1860. The van der Waals surface area contributed by atoms with Gasteiger partial charge in [-0.2, -0.15) is 5.10 Å². The molecule has 1 unspecified atom stereocenters. The molecule has 0 radical (unpaired) electrons. The van der Waals surface area contributed by atoms with E-state index in [1.807, 2.05) is 12.3 Å². The number of benzene rings is 4. The van der Waals surface area contributed by atoms with Crippen LogP contribution in [0, 0.1) is 5.92 Å². The van der Waals surface area contributed by atoms with Crippen LogP contribution >= 0.6 is 0 Å². The average Bonchev–Trinajstić information content (AvgIpc) is 3.67. The highest BCUT2D eigenvalue weighted by Crippen LogP contribution is 2.45. The van der Waals surface area contributed by atoms with Crippen LogP contribution in [0.15, 0.2) is 128 Å². The third kappa shape index (κ3) is 4.92. The molecule has 1 saturated heterocycles. The van der Waals surface area contributed by atoms with E-state index < -0.39 is 5.54 Å². The molecular weight excluding hydrogens is 554 g/mol. The summed E-state index contributed by atoms with van der Waals surface area (Å²) < 4.78 is 2.20. The van der Waals surface area contributed by atoms with Gasteiger partial charge in [-0.15, -0.1) is 0 Å². The summed E-state index contributed by atoms with van der Waals surface area (Å²) in [7, 11) is 0. The van der Waals surface area contributed by atoms with Gasteiger partial charge in [0.2, 0.25) is 5.91 Å². The zero-order valence-electron chi connectivity index (χ0n) is 25.1. The summed E-state index contributed by atoms with van der Waals surface area (Å²) in [6.07, 6.45) is 5.12. The summed E-state index contributed by atoms with van der Waals surface area (Å²) in [6.45, 7) is 1.59. The number of aromatic nitrogens is 3. The van der Waals surface area contributed by atoms with Crippen molar-refractivity contribution in [1.82, 2.24) is 20.1 Å². The first kappa shape index (κ1) is 27.5. The van der Waals surface area contributed by atoms with Crippen molar-refractivity contribution >= 4 is 22.5 Å². The Morgan fingerprint density at radius 2 is 1.42 bits per heavy atom. The van der Waals surface area contributed by atoms with Crippen molar-refractivity contribution in [2.24, 2.45) is 5.92 Å². The molecule has 8 rings (SSSR count). The fourth-order valence-electron chi connectivity index (χ4n) is 6.89. The van der Waals surface area contributed by atoms with Crippen LogP contribution in [0.3, 0.4) is 0 Å². The minimum absolute atomic E-state index is 0.0221. The van der Waals surface area contributed by atoms with Gasteiger partial charge in [-0.25, -0.2) is 4.68 Å². The van der Waals surface area contributed by atoms with Gasteiger partial charge in [0.05, 0.1) is 11.4 Å². The molecular formula is C39H35N5O. The first-order valence-corrected chi connectivity index (χ1v) is 15.9. The molecule has 6 nitrogen and oxygen atoms in total. The van der Waals surface area contributed by atoms with Crippen LogP contribution in [0.1, 0.15) is 47.6 Å². The highest BCUT2D eigenvalue weighted by Gasteiger charge is 2.41. The lowest BCUT2D eigenvalue weighted by Gasteiger charge is -2.37. The summed E-state index contributed by atoms with van der Waals surface area (Å²) in [5.41, 5.74) is 7.34. The smallest absolute Gasteiger partial charge is 0.228 e. The highest BCUT2D eigenvalue weighted by atomic mass is 16.1. The molecule has 222 valence electrons. The number of hydrogen-bond donors (Lipinski definition) is 2. The van der Waals surface area contributed by atoms with Crippen molar-refractivity contribution in [2.45, 2.75) is 30.7 Å². The quantitative estimate of drug-likeness (QED) is 0.182. The van der Waals surface area contributed by atoms with E-state index in [-0.39, 0.29) is 11.8 Å². The highest BCUT2D eigenvalue weighted by molar-refractivity contribution is 5.99. The van der Waals surface area contributed by atoms with Crippen molar-refractivity contribution in [1.29, 1.82) is 0 Å². The second-order valence-corrected chi connectivity index (χ2v) is 12.2. The molecule has 1 aliphatic heterocycles. The predicted molar refractivity (Wildman–Crippen MR) is 179 cm³/mol. The minimum atomic E-state index is -0.771. The molecule has 2 fully saturated rings. The molecule has 3 heterocycles. The Morgan fingerprint density at radius 3 is 2.00 bits per heavy atom. The van der Waals surface area contributed by atoms with Crippen molar-refractivity contribution in [2.75, 3.05) is 18.4 Å². The van der Waals surface area contributed by atoms with Gasteiger partial charge in [-0.3, -0.25) is 9.78 Å². The van der Waals surface area contributed by atoms with E-state index in [2.05, 4.69) is 131 Å². The van der Waals surface area contributed by atoms with E-state index >= 15 is 0 Å². The number of nitrogens with zero attached hydrogens (tertiary/aromatic N) is 3. The van der Waals surface area contributed by atoms with Crippen LogP contribution in [-0.2, 0) is 10.3 Å². The van der Waals surface area contributed by atoms with Crippen molar-refractivity contribution < 1.29 is 4.79 Å². The molecule has 6 aromatic rings. The van der Waals surface area contributed by atoms with Gasteiger partial charge in [0.25, 0.3) is 0 Å². The molecule has 1 atom stereocenters. The average molecular weight is 590 g/mol. The van der Waals surface area contributed by atoms with Gasteiger partial charge in [-0.05, 0) is 72.8 Å². The second kappa shape index (κ2) is 11.5. The monoisotopic (exact) mass is 589 g/mol. The number of hydrogen-bond acceptors (Lipinski definition) is 4. The third-order valence-corrected chi connectivity index (χ3v) is 9.32. The molecule has 2 N–H and O–H groups in total. The summed E-state index contributed by atoms with van der Waals surface area (Å²) in [5.74, 6) is 0.553. The van der Waals surface area contributed by atoms with Crippen LogP contribution in [-0.4, -0.2) is 33.8 Å². The summed E-state index contributed by atoms with van der Waals surface area (Å²) in [4.78, 5) is 17.9. The fraction of sp³-hybridized carbons (Fsp3) is 0.205. The van der Waals surface area contributed by atoms with Gasteiger partial charge in [0, 0.05) is 41.0 Å². The van der Waals surface area contributed by atoms with E-state index in [0.717, 1.165) is 63.2 Å². The van der Waals surface area contributed by atoms with Crippen LogP contribution in [0.2, 0.25) is 0 Å². The maximum Gasteiger partial charge on any atom is 0.228 e. The molecule has 1 saturated carbocycles. The molecule has 0 spiro atoms. The number of carbonyl (C=O) groups excluding carboxylic acids is 1. The first-order valence-electron chi connectivity index (χ1n) is 15.9. The Balaban J connectivity index is 1.41. The van der Waals surface area contributed by atoms with Crippen molar-refractivity contribution in [3.8, 4) is 11.3 Å². The van der Waals surface area contributed by atoms with Crippen LogP contribution < -0.4 is 10.6 Å². The van der Waals surface area contributed by atoms with Crippen molar-refractivity contribution in [3.63, 3.8) is 0 Å². The van der Waals surface area contributed by atoms with Gasteiger partial charge < -0.3 is 10.6 Å². The van der Waals surface area contributed by atoms with E-state index in [1.54, 1.807) is 0 Å². The number of nitrogens with one attached hydrogen (secondary N) is 2. The summed E-state index contributed by atoms with van der Waals surface area (Å²) in [5, 5.41) is 13.0. The number of amides is 1. The van der Waals surface area contributed by atoms with E-state index in [0.29, 0.717) is 12.5 Å². The number of fused-ring (bicyclic) bond motifs is 1. The third-order valence-electron chi connectivity index (χ3n) is 9.32. The molecule has 2 aromatic heterocycles. The number of anilines is 1. The van der Waals surface area contributed by atoms with Crippen LogP contribution in [0.25, 0.3) is 22.2 Å². The lowest BCUT2D eigenvalue weighted by atomic mass is 9.77. The maximum absolute atomic E-state index is 13.2. The molecule has 4 aromatic carbocycles. The summed E-state index contributed by atoms with van der Waals surface area (Å²) in [6, 6.07) is 42.4. The summed E-state index contributed by atoms with van der Waals surface area (Å²) >= 11 is 0. The van der Waals surface area contributed by atoms with Gasteiger partial charge >= 0.3 is 0 Å². The fourth-order valence-corrected chi connectivity index (χ4v) is 6.89. The molecule has 45 heavy (non-hydrogen) atoms. The number of pyridine rings is 1. The lowest BCUT2D eigenvalue weighted by Crippen LogP contribution is -2.38. The molecule has 1 amide bonds. The van der Waals surface area contributed by atoms with Gasteiger partial charge in [0.15, 0.2) is 0 Å². The zero-order chi connectivity index (χ0) is 30.2. The normalized spacial score (nSPS) is 16.6. The van der Waals surface area contributed by atoms with Gasteiger partial charge in [0.1, 0.15) is 11.2 Å². The number of rotatable bonds is 8. The van der Waals surface area contributed by atoms with Crippen molar-refractivity contribution in [3.05, 3.63) is 150 Å². The Hall–Kier alpha value is -5.07. The van der Waals surface area contributed by atoms with E-state index in [4.69, 9.17) is 10.1 Å².